The van der Waals surface area contributed by atoms with E-state index in [2.05, 4.69) is 10.4 Å². The summed E-state index contributed by atoms with van der Waals surface area (Å²) in [5, 5.41) is 0. The molecule has 1 saturated heterocycles. The van der Waals surface area contributed by atoms with E-state index in [0.29, 0.717) is 11.4 Å². The first kappa shape index (κ1) is 13.8. The van der Waals surface area contributed by atoms with Crippen molar-refractivity contribution >= 4 is 11.7 Å². The third-order valence-corrected chi connectivity index (χ3v) is 3.29. The number of rotatable bonds is 4. The Morgan fingerprint density at radius 3 is 2.95 bits per heavy atom. The first-order valence-electron chi connectivity index (χ1n) is 6.58. The molecule has 0 spiro atoms. The van der Waals surface area contributed by atoms with Gasteiger partial charge in [0.2, 0.25) is 0 Å². The van der Waals surface area contributed by atoms with E-state index in [1.54, 1.807) is 18.3 Å². The lowest BCUT2D eigenvalue weighted by atomic mass is 10.1. The molecular weight excluding hydrogens is 244 g/mol. The van der Waals surface area contributed by atoms with Gasteiger partial charge >= 0.3 is 0 Å². The highest BCUT2D eigenvalue weighted by Gasteiger charge is 2.23. The van der Waals surface area contributed by atoms with Gasteiger partial charge in [-0.1, -0.05) is 0 Å². The molecule has 0 atom stereocenters. The summed E-state index contributed by atoms with van der Waals surface area (Å²) in [5.74, 6) is 5.81. The van der Waals surface area contributed by atoms with Crippen LogP contribution in [-0.2, 0) is 4.74 Å². The Morgan fingerprint density at radius 1 is 1.58 bits per heavy atom. The van der Waals surface area contributed by atoms with Gasteiger partial charge in [0.25, 0.3) is 5.91 Å². The van der Waals surface area contributed by atoms with Gasteiger partial charge in [-0.3, -0.25) is 4.79 Å². The van der Waals surface area contributed by atoms with E-state index in [1.165, 1.54) is 0 Å². The molecule has 1 aliphatic rings. The zero-order chi connectivity index (χ0) is 13.7. The maximum atomic E-state index is 12.3. The van der Waals surface area contributed by atoms with Crippen molar-refractivity contribution in [3.05, 3.63) is 23.9 Å². The predicted octanol–water partition coefficient (Wildman–Crippen LogP) is 1.01. The molecule has 0 saturated carbocycles. The first-order chi connectivity index (χ1) is 9.24. The normalized spacial score (nSPS) is 16.4. The van der Waals surface area contributed by atoms with Crippen LogP contribution in [0.25, 0.3) is 0 Å². The van der Waals surface area contributed by atoms with Gasteiger partial charge in [-0.05, 0) is 31.9 Å². The molecule has 3 N–H and O–H groups in total. The second kappa shape index (κ2) is 6.49. The SMILES string of the molecule is CCOC1CCN(C(=O)c2ccnc(NN)c2)CC1. The highest BCUT2D eigenvalue weighted by Crippen LogP contribution is 2.17. The van der Waals surface area contributed by atoms with Gasteiger partial charge in [0.1, 0.15) is 5.82 Å². The van der Waals surface area contributed by atoms with Crippen LogP contribution in [0.1, 0.15) is 30.1 Å². The average molecular weight is 264 g/mol. The molecular formula is C13H20N4O2. The van der Waals surface area contributed by atoms with Crippen LogP contribution in [-0.4, -0.2) is 41.6 Å². The summed E-state index contributed by atoms with van der Waals surface area (Å²) < 4.78 is 5.58. The molecule has 6 heteroatoms. The number of aromatic nitrogens is 1. The fourth-order valence-corrected chi connectivity index (χ4v) is 2.29. The van der Waals surface area contributed by atoms with Crippen molar-refractivity contribution in [2.24, 2.45) is 5.84 Å². The van der Waals surface area contributed by atoms with Gasteiger partial charge in [-0.15, -0.1) is 0 Å². The summed E-state index contributed by atoms with van der Waals surface area (Å²) in [5.41, 5.74) is 3.06. The van der Waals surface area contributed by atoms with E-state index in [4.69, 9.17) is 10.6 Å². The summed E-state index contributed by atoms with van der Waals surface area (Å²) in [4.78, 5) is 18.2. The molecule has 104 valence electrons. The average Bonchev–Trinajstić information content (AvgIpc) is 2.48. The minimum atomic E-state index is 0.0221. The number of hydrogen-bond acceptors (Lipinski definition) is 5. The number of piperidine rings is 1. The Kier molecular flexibility index (Phi) is 4.70. The summed E-state index contributed by atoms with van der Waals surface area (Å²) >= 11 is 0. The predicted molar refractivity (Wildman–Crippen MR) is 72.6 cm³/mol. The van der Waals surface area contributed by atoms with Crippen molar-refractivity contribution in [1.29, 1.82) is 0 Å². The van der Waals surface area contributed by atoms with Crippen LogP contribution in [0.2, 0.25) is 0 Å². The minimum absolute atomic E-state index is 0.0221. The number of pyridine rings is 1. The van der Waals surface area contributed by atoms with Crippen LogP contribution in [0.4, 0.5) is 5.82 Å². The second-order valence-electron chi connectivity index (χ2n) is 4.52. The molecule has 1 aromatic heterocycles. The Hall–Kier alpha value is -1.66. The quantitative estimate of drug-likeness (QED) is 0.626. The number of ether oxygens (including phenoxy) is 1. The molecule has 2 heterocycles. The van der Waals surface area contributed by atoms with Gasteiger partial charge < -0.3 is 15.1 Å². The largest absolute Gasteiger partial charge is 0.378 e. The van der Waals surface area contributed by atoms with Crippen molar-refractivity contribution in [3.63, 3.8) is 0 Å². The van der Waals surface area contributed by atoms with Crippen molar-refractivity contribution in [2.45, 2.75) is 25.9 Å². The number of hydrogen-bond donors (Lipinski definition) is 2. The maximum Gasteiger partial charge on any atom is 0.254 e. The van der Waals surface area contributed by atoms with Crippen molar-refractivity contribution in [2.75, 3.05) is 25.1 Å². The number of amides is 1. The lowest BCUT2D eigenvalue weighted by Gasteiger charge is -2.31. The lowest BCUT2D eigenvalue weighted by Crippen LogP contribution is -2.40. The number of hydrazine groups is 1. The molecule has 0 radical (unpaired) electrons. The summed E-state index contributed by atoms with van der Waals surface area (Å²) in [6, 6.07) is 3.37. The number of carbonyl (C=O) groups is 1. The number of likely N-dealkylation sites (tertiary alicyclic amines) is 1. The summed E-state index contributed by atoms with van der Waals surface area (Å²) in [6.07, 6.45) is 3.65. The zero-order valence-corrected chi connectivity index (χ0v) is 11.1. The number of nitrogens with zero attached hydrogens (tertiary/aromatic N) is 2. The Balaban J connectivity index is 1.97. The molecule has 1 amide bonds. The molecule has 1 aliphatic heterocycles. The van der Waals surface area contributed by atoms with Crippen molar-refractivity contribution in [3.8, 4) is 0 Å². The highest BCUT2D eigenvalue weighted by molar-refractivity contribution is 5.94. The Labute approximate surface area is 112 Å². The molecule has 6 nitrogen and oxygen atoms in total. The molecule has 1 fully saturated rings. The van der Waals surface area contributed by atoms with Crippen LogP contribution in [0.5, 0.6) is 0 Å². The Morgan fingerprint density at radius 2 is 2.32 bits per heavy atom. The monoisotopic (exact) mass is 264 g/mol. The van der Waals surface area contributed by atoms with Gasteiger partial charge in [0.15, 0.2) is 0 Å². The minimum Gasteiger partial charge on any atom is -0.378 e. The topological polar surface area (TPSA) is 80.5 Å². The molecule has 0 unspecified atom stereocenters. The fourth-order valence-electron chi connectivity index (χ4n) is 2.29. The van der Waals surface area contributed by atoms with Crippen LogP contribution in [0.15, 0.2) is 18.3 Å². The van der Waals surface area contributed by atoms with Crippen LogP contribution in [0.3, 0.4) is 0 Å². The van der Waals surface area contributed by atoms with E-state index in [-0.39, 0.29) is 12.0 Å². The van der Waals surface area contributed by atoms with E-state index >= 15 is 0 Å². The van der Waals surface area contributed by atoms with Crippen LogP contribution < -0.4 is 11.3 Å². The van der Waals surface area contributed by atoms with Gasteiger partial charge in [-0.25, -0.2) is 10.8 Å². The molecule has 1 aromatic rings. The number of nitrogens with two attached hydrogens (primary N) is 1. The third kappa shape index (κ3) is 3.42. The van der Waals surface area contributed by atoms with E-state index in [1.807, 2.05) is 11.8 Å². The van der Waals surface area contributed by atoms with Gasteiger partial charge in [0, 0.05) is 31.5 Å². The molecule has 0 aliphatic carbocycles. The number of nitrogen functional groups attached to an aromatic ring is 1. The number of nitrogens with one attached hydrogen (secondary N) is 1. The van der Waals surface area contributed by atoms with Crippen molar-refractivity contribution in [1.82, 2.24) is 9.88 Å². The lowest BCUT2D eigenvalue weighted by molar-refractivity contribution is 0.0146. The van der Waals surface area contributed by atoms with Crippen LogP contribution in [0, 0.1) is 0 Å². The first-order valence-corrected chi connectivity index (χ1v) is 6.58. The molecule has 0 bridgehead atoms. The summed E-state index contributed by atoms with van der Waals surface area (Å²) in [7, 11) is 0. The van der Waals surface area contributed by atoms with Gasteiger partial charge in [0.05, 0.1) is 6.10 Å². The molecule has 19 heavy (non-hydrogen) atoms. The highest BCUT2D eigenvalue weighted by atomic mass is 16.5. The van der Waals surface area contributed by atoms with Gasteiger partial charge in [-0.2, -0.15) is 0 Å². The van der Waals surface area contributed by atoms with E-state index in [9.17, 15) is 4.79 Å². The smallest absolute Gasteiger partial charge is 0.254 e. The number of anilines is 1. The summed E-state index contributed by atoms with van der Waals surface area (Å²) in [6.45, 7) is 4.19. The van der Waals surface area contributed by atoms with E-state index < -0.39 is 0 Å². The molecule has 0 aromatic carbocycles. The fraction of sp³-hybridized carbons (Fsp3) is 0.538. The molecule has 2 rings (SSSR count). The van der Waals surface area contributed by atoms with E-state index in [0.717, 1.165) is 32.5 Å². The standard InChI is InChI=1S/C13H20N4O2/c1-2-19-11-4-7-17(8-5-11)13(18)10-3-6-15-12(9-10)16-14/h3,6,9,11H,2,4-5,7-8,14H2,1H3,(H,15,16). The Bertz CT molecular complexity index is 430. The zero-order valence-electron chi connectivity index (χ0n) is 11.1. The number of carbonyl (C=O) groups excluding carboxylic acids is 1. The third-order valence-electron chi connectivity index (χ3n) is 3.29. The maximum absolute atomic E-state index is 12.3. The van der Waals surface area contributed by atoms with Crippen LogP contribution >= 0.6 is 0 Å². The second-order valence-corrected chi connectivity index (χ2v) is 4.52. The van der Waals surface area contributed by atoms with Crippen molar-refractivity contribution < 1.29 is 9.53 Å².